The number of amides is 1. The van der Waals surface area contributed by atoms with Crippen LogP contribution in [0.25, 0.3) is 0 Å². The van der Waals surface area contributed by atoms with Crippen molar-refractivity contribution in [1.82, 2.24) is 9.80 Å². The molecular formula is C20H24BrFN2O4. The van der Waals surface area contributed by atoms with E-state index < -0.39 is 17.8 Å². The molecule has 1 unspecified atom stereocenters. The van der Waals surface area contributed by atoms with E-state index in [2.05, 4.69) is 15.9 Å². The lowest BCUT2D eigenvalue weighted by atomic mass is 9.87. The summed E-state index contributed by atoms with van der Waals surface area (Å²) < 4.78 is 26.1. The van der Waals surface area contributed by atoms with Gasteiger partial charge in [0.05, 0.1) is 19.3 Å². The van der Waals surface area contributed by atoms with Gasteiger partial charge in [0.1, 0.15) is 18.5 Å². The average Bonchev–Trinajstić information content (AvgIpc) is 3.52. The maximum atomic E-state index is 14.6. The van der Waals surface area contributed by atoms with Crippen molar-refractivity contribution < 1.29 is 23.5 Å². The molecule has 0 radical (unpaired) electrons. The number of carbonyl (C=O) groups excluding carboxylic acids is 2. The number of likely N-dealkylation sites (tertiary alicyclic amines) is 1. The number of ether oxygens (including phenoxy) is 2. The largest absolute Gasteiger partial charge is 0.468 e. The molecule has 1 aromatic rings. The highest BCUT2D eigenvalue weighted by Crippen LogP contribution is 2.38. The Morgan fingerprint density at radius 2 is 2.07 bits per heavy atom. The third-order valence-corrected chi connectivity index (χ3v) is 6.52. The van der Waals surface area contributed by atoms with E-state index in [1.165, 1.54) is 13.2 Å². The van der Waals surface area contributed by atoms with E-state index >= 15 is 0 Å². The summed E-state index contributed by atoms with van der Waals surface area (Å²) >= 11 is 3.25. The Hall–Kier alpha value is -1.51. The van der Waals surface area contributed by atoms with Crippen LogP contribution < -0.4 is 0 Å². The molecule has 1 amide bonds. The molecule has 0 aromatic heterocycles. The highest BCUT2D eigenvalue weighted by Gasteiger charge is 2.47. The van der Waals surface area contributed by atoms with Crippen LogP contribution in [0.3, 0.4) is 0 Å². The molecule has 152 valence electrons. The maximum absolute atomic E-state index is 14.6. The number of hydrogen-bond donors (Lipinski definition) is 0. The van der Waals surface area contributed by atoms with E-state index in [0.717, 1.165) is 12.8 Å². The quantitative estimate of drug-likeness (QED) is 0.654. The van der Waals surface area contributed by atoms with Gasteiger partial charge in [-0.3, -0.25) is 9.69 Å². The standard InChI is InChI=1S/C20H24BrFN2O4/c1-27-19(26)18(15-5-2-13(21)10-16(15)22)23-8-6-20(7-9-23)12-24(14-3-4-14)17(25)11-28-20/h2,5,10,14,18H,3-4,6-9,11-12H2,1H3. The third kappa shape index (κ3) is 3.82. The molecule has 1 saturated carbocycles. The van der Waals surface area contributed by atoms with Crippen LogP contribution in [0.5, 0.6) is 0 Å². The van der Waals surface area contributed by atoms with Gasteiger partial charge in [-0.1, -0.05) is 22.0 Å². The predicted octanol–water partition coefficient (Wildman–Crippen LogP) is 2.66. The zero-order chi connectivity index (χ0) is 19.9. The topological polar surface area (TPSA) is 59.1 Å². The second-order valence-electron chi connectivity index (χ2n) is 7.85. The van der Waals surface area contributed by atoms with Gasteiger partial charge in [-0.15, -0.1) is 0 Å². The first-order valence-electron chi connectivity index (χ1n) is 9.63. The Morgan fingerprint density at radius 1 is 1.36 bits per heavy atom. The minimum atomic E-state index is -0.791. The number of halogens is 2. The summed E-state index contributed by atoms with van der Waals surface area (Å²) in [6.45, 7) is 1.88. The lowest BCUT2D eigenvalue weighted by molar-refractivity contribution is -0.175. The van der Waals surface area contributed by atoms with Gasteiger partial charge in [-0.25, -0.2) is 9.18 Å². The zero-order valence-corrected chi connectivity index (χ0v) is 17.4. The van der Waals surface area contributed by atoms with E-state index in [9.17, 15) is 14.0 Å². The fourth-order valence-electron chi connectivity index (χ4n) is 4.26. The van der Waals surface area contributed by atoms with Gasteiger partial charge >= 0.3 is 5.97 Å². The first-order chi connectivity index (χ1) is 13.4. The van der Waals surface area contributed by atoms with E-state index in [-0.39, 0.29) is 18.1 Å². The van der Waals surface area contributed by atoms with Gasteiger partial charge in [-0.2, -0.15) is 0 Å². The van der Waals surface area contributed by atoms with Gasteiger partial charge in [-0.05, 0) is 37.8 Å². The Bertz CT molecular complexity index is 777. The molecule has 2 aliphatic heterocycles. The Labute approximate surface area is 172 Å². The van der Waals surface area contributed by atoms with Crippen LogP contribution in [0.15, 0.2) is 22.7 Å². The molecule has 28 heavy (non-hydrogen) atoms. The fourth-order valence-corrected chi connectivity index (χ4v) is 4.59. The number of piperidine rings is 1. The Balaban J connectivity index is 1.50. The number of morpholine rings is 1. The second kappa shape index (κ2) is 7.72. The van der Waals surface area contributed by atoms with Crippen molar-refractivity contribution in [2.75, 3.05) is 33.4 Å². The van der Waals surface area contributed by atoms with Crippen LogP contribution >= 0.6 is 15.9 Å². The van der Waals surface area contributed by atoms with Crippen molar-refractivity contribution >= 4 is 27.8 Å². The van der Waals surface area contributed by atoms with E-state index in [0.29, 0.717) is 48.6 Å². The number of carbonyl (C=O) groups is 2. The minimum absolute atomic E-state index is 0.0694. The van der Waals surface area contributed by atoms with Crippen molar-refractivity contribution in [3.05, 3.63) is 34.1 Å². The van der Waals surface area contributed by atoms with E-state index in [4.69, 9.17) is 9.47 Å². The summed E-state index contributed by atoms with van der Waals surface area (Å²) in [5.41, 5.74) is -0.0586. The molecule has 8 heteroatoms. The van der Waals surface area contributed by atoms with Gasteiger partial charge < -0.3 is 14.4 Å². The lowest BCUT2D eigenvalue weighted by Crippen LogP contribution is -2.59. The van der Waals surface area contributed by atoms with Crippen molar-refractivity contribution in [2.24, 2.45) is 0 Å². The Kier molecular flexibility index (Phi) is 5.46. The summed E-state index contributed by atoms with van der Waals surface area (Å²) in [5.74, 6) is -0.846. The minimum Gasteiger partial charge on any atom is -0.468 e. The fraction of sp³-hybridized carbons (Fsp3) is 0.600. The SMILES string of the molecule is COC(=O)C(c1ccc(Br)cc1F)N1CCC2(CC1)CN(C1CC1)C(=O)CO2. The second-order valence-corrected chi connectivity index (χ2v) is 8.77. The molecule has 2 heterocycles. The van der Waals surface area contributed by atoms with Crippen LogP contribution in [-0.2, 0) is 19.1 Å². The van der Waals surface area contributed by atoms with E-state index in [1.54, 1.807) is 12.1 Å². The molecule has 1 spiro atoms. The summed E-state index contributed by atoms with van der Waals surface area (Å²) in [4.78, 5) is 28.5. The number of rotatable bonds is 4. The number of hydrogen-bond acceptors (Lipinski definition) is 5. The van der Waals surface area contributed by atoms with Crippen LogP contribution in [0.4, 0.5) is 4.39 Å². The maximum Gasteiger partial charge on any atom is 0.327 e. The van der Waals surface area contributed by atoms with Crippen LogP contribution in [0.2, 0.25) is 0 Å². The predicted molar refractivity (Wildman–Crippen MR) is 103 cm³/mol. The smallest absolute Gasteiger partial charge is 0.327 e. The highest BCUT2D eigenvalue weighted by atomic mass is 79.9. The Morgan fingerprint density at radius 3 is 2.68 bits per heavy atom. The molecular weight excluding hydrogens is 431 g/mol. The van der Waals surface area contributed by atoms with Gasteiger partial charge in [0.15, 0.2) is 0 Å². The van der Waals surface area contributed by atoms with Crippen LogP contribution in [0.1, 0.15) is 37.3 Å². The number of benzene rings is 1. The lowest BCUT2D eigenvalue weighted by Gasteiger charge is -2.48. The molecule has 4 rings (SSSR count). The molecule has 3 aliphatic rings. The van der Waals surface area contributed by atoms with Gasteiger partial charge in [0.25, 0.3) is 0 Å². The monoisotopic (exact) mass is 454 g/mol. The molecule has 6 nitrogen and oxygen atoms in total. The summed E-state index contributed by atoms with van der Waals surface area (Å²) in [5, 5.41) is 0. The molecule has 0 bridgehead atoms. The summed E-state index contributed by atoms with van der Waals surface area (Å²) in [6.07, 6.45) is 3.52. The highest BCUT2D eigenvalue weighted by molar-refractivity contribution is 9.10. The van der Waals surface area contributed by atoms with Crippen LogP contribution in [0, 0.1) is 5.82 Å². The van der Waals surface area contributed by atoms with Gasteiger partial charge in [0.2, 0.25) is 5.91 Å². The number of nitrogens with zero attached hydrogens (tertiary/aromatic N) is 2. The molecule has 1 aliphatic carbocycles. The van der Waals surface area contributed by atoms with Crippen LogP contribution in [-0.4, -0.2) is 66.7 Å². The first-order valence-corrected chi connectivity index (χ1v) is 10.4. The number of esters is 1. The van der Waals surface area contributed by atoms with Crippen molar-refractivity contribution in [1.29, 1.82) is 0 Å². The van der Waals surface area contributed by atoms with Gasteiger partial charge in [0, 0.05) is 29.2 Å². The molecule has 3 fully saturated rings. The van der Waals surface area contributed by atoms with E-state index in [1.807, 2.05) is 9.80 Å². The first kappa shape index (κ1) is 19.8. The molecule has 1 aromatic carbocycles. The van der Waals surface area contributed by atoms with Crippen molar-refractivity contribution in [3.63, 3.8) is 0 Å². The normalized spacial score (nSPS) is 23.7. The zero-order valence-electron chi connectivity index (χ0n) is 15.8. The van der Waals surface area contributed by atoms with Crippen molar-refractivity contribution in [3.8, 4) is 0 Å². The average molecular weight is 455 g/mol. The molecule has 0 N–H and O–H groups in total. The summed E-state index contributed by atoms with van der Waals surface area (Å²) in [7, 11) is 1.32. The van der Waals surface area contributed by atoms with Crippen molar-refractivity contribution in [2.45, 2.75) is 43.4 Å². The molecule has 1 atom stereocenters. The third-order valence-electron chi connectivity index (χ3n) is 6.02. The number of methoxy groups -OCH3 is 1. The molecule has 2 saturated heterocycles. The summed E-state index contributed by atoms with van der Waals surface area (Å²) in [6, 6.07) is 4.28.